The van der Waals surface area contributed by atoms with Gasteiger partial charge in [0.05, 0.1) is 0 Å². The summed E-state index contributed by atoms with van der Waals surface area (Å²) in [5.74, 6) is 0.782. The molecule has 0 aliphatic carbocycles. The van der Waals surface area contributed by atoms with E-state index in [2.05, 4.69) is 29.0 Å². The second kappa shape index (κ2) is 7.46. The van der Waals surface area contributed by atoms with Crippen LogP contribution in [0.4, 0.5) is 0 Å². The summed E-state index contributed by atoms with van der Waals surface area (Å²) in [5.41, 5.74) is 0. The van der Waals surface area contributed by atoms with Crippen LogP contribution in [0.1, 0.15) is 39.5 Å². The summed E-state index contributed by atoms with van der Waals surface area (Å²) in [6.45, 7) is 13.6. The predicted molar refractivity (Wildman–Crippen MR) is 78.0 cm³/mol. The van der Waals surface area contributed by atoms with Crippen LogP contribution in [0.3, 0.4) is 0 Å². The highest BCUT2D eigenvalue weighted by molar-refractivity contribution is 4.85. The lowest BCUT2D eigenvalue weighted by atomic mass is 10.1. The molecule has 18 heavy (non-hydrogen) atoms. The Balaban J connectivity index is 1.71. The fraction of sp³-hybridized carbons (Fsp3) is 1.00. The molecule has 2 heterocycles. The monoisotopic (exact) mass is 253 g/mol. The third-order valence-electron chi connectivity index (χ3n) is 4.38. The van der Waals surface area contributed by atoms with E-state index in [4.69, 9.17) is 0 Å². The van der Waals surface area contributed by atoms with Crippen LogP contribution in [0.2, 0.25) is 0 Å². The molecular weight excluding hydrogens is 222 g/mol. The van der Waals surface area contributed by atoms with Gasteiger partial charge in [-0.3, -0.25) is 4.90 Å². The van der Waals surface area contributed by atoms with Gasteiger partial charge in [0.2, 0.25) is 0 Å². The number of nitrogens with zero attached hydrogens (tertiary/aromatic N) is 2. The van der Waals surface area contributed by atoms with Crippen LogP contribution < -0.4 is 5.32 Å². The minimum atomic E-state index is 0.782. The minimum Gasteiger partial charge on any atom is -0.316 e. The summed E-state index contributed by atoms with van der Waals surface area (Å²) >= 11 is 0. The molecule has 0 saturated carbocycles. The zero-order valence-electron chi connectivity index (χ0n) is 12.3. The van der Waals surface area contributed by atoms with Crippen LogP contribution in [-0.2, 0) is 0 Å². The van der Waals surface area contributed by atoms with Gasteiger partial charge in [0.1, 0.15) is 0 Å². The highest BCUT2D eigenvalue weighted by Gasteiger charge is 2.28. The molecule has 0 bridgehead atoms. The number of hydrogen-bond donors (Lipinski definition) is 1. The fourth-order valence-corrected chi connectivity index (χ4v) is 3.48. The number of rotatable bonds is 6. The molecule has 0 aromatic carbocycles. The second-order valence-electron chi connectivity index (χ2n) is 6.25. The first-order valence-electron chi connectivity index (χ1n) is 7.96. The van der Waals surface area contributed by atoms with Crippen molar-refractivity contribution in [3.8, 4) is 0 Å². The number of nitrogens with one attached hydrogen (secondary N) is 1. The lowest BCUT2D eigenvalue weighted by Gasteiger charge is -2.27. The van der Waals surface area contributed by atoms with E-state index >= 15 is 0 Å². The molecule has 0 aromatic rings. The van der Waals surface area contributed by atoms with Gasteiger partial charge in [-0.2, -0.15) is 0 Å². The Labute approximate surface area is 113 Å². The second-order valence-corrected chi connectivity index (χ2v) is 6.25. The Bertz CT molecular complexity index is 232. The summed E-state index contributed by atoms with van der Waals surface area (Å²) in [6.07, 6.45) is 5.46. The molecule has 2 aliphatic rings. The van der Waals surface area contributed by atoms with Gasteiger partial charge in [-0.1, -0.05) is 13.8 Å². The van der Waals surface area contributed by atoms with E-state index in [1.54, 1.807) is 0 Å². The van der Waals surface area contributed by atoms with Crippen molar-refractivity contribution in [2.45, 2.75) is 45.6 Å². The maximum atomic E-state index is 3.55. The summed E-state index contributed by atoms with van der Waals surface area (Å²) in [4.78, 5) is 5.44. The molecule has 2 unspecified atom stereocenters. The van der Waals surface area contributed by atoms with Crippen molar-refractivity contribution in [3.05, 3.63) is 0 Å². The van der Waals surface area contributed by atoms with Gasteiger partial charge >= 0.3 is 0 Å². The maximum absolute atomic E-state index is 3.55. The average molecular weight is 253 g/mol. The molecule has 3 nitrogen and oxygen atoms in total. The lowest BCUT2D eigenvalue weighted by Crippen LogP contribution is -2.39. The van der Waals surface area contributed by atoms with E-state index in [1.165, 1.54) is 71.5 Å². The van der Waals surface area contributed by atoms with Crippen molar-refractivity contribution in [2.24, 2.45) is 5.92 Å². The molecular formula is C15H31N3. The minimum absolute atomic E-state index is 0.782. The molecule has 0 spiro atoms. The Kier molecular flexibility index (Phi) is 5.93. The van der Waals surface area contributed by atoms with E-state index < -0.39 is 0 Å². The summed E-state index contributed by atoms with van der Waals surface area (Å²) in [6, 6.07) is 0.864. The van der Waals surface area contributed by atoms with E-state index in [1.807, 2.05) is 0 Å². The zero-order chi connectivity index (χ0) is 12.8. The maximum Gasteiger partial charge on any atom is 0.0223 e. The van der Waals surface area contributed by atoms with Gasteiger partial charge in [0, 0.05) is 19.1 Å². The van der Waals surface area contributed by atoms with Gasteiger partial charge in [-0.25, -0.2) is 0 Å². The van der Waals surface area contributed by atoms with Crippen molar-refractivity contribution in [1.29, 1.82) is 0 Å². The SMILES string of the molecule is CCCNCC(C)CN1CCCN2CCCC2C1. The van der Waals surface area contributed by atoms with Crippen molar-refractivity contribution < 1.29 is 0 Å². The van der Waals surface area contributed by atoms with Gasteiger partial charge in [-0.05, 0) is 64.3 Å². The molecule has 1 N–H and O–H groups in total. The zero-order valence-corrected chi connectivity index (χ0v) is 12.3. The Hall–Kier alpha value is -0.120. The van der Waals surface area contributed by atoms with Crippen LogP contribution in [-0.4, -0.2) is 61.7 Å². The topological polar surface area (TPSA) is 18.5 Å². The molecule has 2 atom stereocenters. The van der Waals surface area contributed by atoms with Crippen LogP contribution in [0, 0.1) is 5.92 Å². The highest BCUT2D eigenvalue weighted by Crippen LogP contribution is 2.21. The van der Waals surface area contributed by atoms with Crippen LogP contribution in [0.15, 0.2) is 0 Å². The molecule has 2 aliphatic heterocycles. The molecule has 0 aromatic heterocycles. The van der Waals surface area contributed by atoms with Gasteiger partial charge < -0.3 is 10.2 Å². The quantitative estimate of drug-likeness (QED) is 0.728. The first-order valence-corrected chi connectivity index (χ1v) is 7.96. The largest absolute Gasteiger partial charge is 0.316 e. The highest BCUT2D eigenvalue weighted by atomic mass is 15.3. The summed E-state index contributed by atoms with van der Waals surface area (Å²) in [7, 11) is 0. The third-order valence-corrected chi connectivity index (χ3v) is 4.38. The lowest BCUT2D eigenvalue weighted by molar-refractivity contribution is 0.201. The standard InChI is InChI=1S/C15H31N3/c1-3-7-16-11-14(2)12-17-8-5-10-18-9-4-6-15(18)13-17/h14-16H,3-13H2,1-2H3. The van der Waals surface area contributed by atoms with E-state index in [-0.39, 0.29) is 0 Å². The van der Waals surface area contributed by atoms with E-state index in [9.17, 15) is 0 Å². The van der Waals surface area contributed by atoms with Crippen molar-refractivity contribution in [1.82, 2.24) is 15.1 Å². The van der Waals surface area contributed by atoms with Crippen LogP contribution >= 0.6 is 0 Å². The fourth-order valence-electron chi connectivity index (χ4n) is 3.48. The summed E-state index contributed by atoms with van der Waals surface area (Å²) in [5, 5.41) is 3.55. The Morgan fingerprint density at radius 3 is 2.89 bits per heavy atom. The predicted octanol–water partition coefficient (Wildman–Crippen LogP) is 1.79. The molecule has 106 valence electrons. The number of hydrogen-bond acceptors (Lipinski definition) is 3. The summed E-state index contributed by atoms with van der Waals surface area (Å²) < 4.78 is 0. The first kappa shape index (κ1) is 14.3. The van der Waals surface area contributed by atoms with Gasteiger partial charge in [-0.15, -0.1) is 0 Å². The van der Waals surface area contributed by atoms with Crippen molar-refractivity contribution >= 4 is 0 Å². The smallest absolute Gasteiger partial charge is 0.0223 e. The molecule has 2 saturated heterocycles. The average Bonchev–Trinajstić information content (AvgIpc) is 2.69. The molecule has 3 heteroatoms. The molecule has 0 radical (unpaired) electrons. The third kappa shape index (κ3) is 4.22. The normalized spacial score (nSPS) is 28.0. The Morgan fingerprint density at radius 1 is 1.22 bits per heavy atom. The van der Waals surface area contributed by atoms with Gasteiger partial charge in [0.25, 0.3) is 0 Å². The van der Waals surface area contributed by atoms with Crippen molar-refractivity contribution in [2.75, 3.05) is 45.8 Å². The van der Waals surface area contributed by atoms with Gasteiger partial charge in [0.15, 0.2) is 0 Å². The van der Waals surface area contributed by atoms with Crippen molar-refractivity contribution in [3.63, 3.8) is 0 Å². The van der Waals surface area contributed by atoms with E-state index in [0.29, 0.717) is 0 Å². The first-order chi connectivity index (χ1) is 8.79. The number of fused-ring (bicyclic) bond motifs is 1. The molecule has 2 rings (SSSR count). The van der Waals surface area contributed by atoms with Crippen LogP contribution in [0.25, 0.3) is 0 Å². The van der Waals surface area contributed by atoms with E-state index in [0.717, 1.165) is 12.0 Å². The molecule has 0 amide bonds. The Morgan fingerprint density at radius 2 is 2.06 bits per heavy atom. The molecule has 2 fully saturated rings. The van der Waals surface area contributed by atoms with Crippen LogP contribution in [0.5, 0.6) is 0 Å².